The van der Waals surface area contributed by atoms with Crippen molar-refractivity contribution in [2.75, 3.05) is 20.1 Å². The zero-order chi connectivity index (χ0) is 12.3. The van der Waals surface area contributed by atoms with Gasteiger partial charge in [-0.1, -0.05) is 6.92 Å². The summed E-state index contributed by atoms with van der Waals surface area (Å²) in [4.78, 5) is 5.41. The maximum atomic E-state index is 3.77. The molecular formula is C14H24N2S. The highest BCUT2D eigenvalue weighted by Crippen LogP contribution is 2.24. The predicted molar refractivity (Wildman–Crippen MR) is 75.8 cm³/mol. The van der Waals surface area contributed by atoms with Crippen LogP contribution in [0.4, 0.5) is 0 Å². The van der Waals surface area contributed by atoms with Crippen LogP contribution in [0.5, 0.6) is 0 Å². The number of likely N-dealkylation sites (N-methyl/N-ethyl adjacent to an activating group) is 1. The molecule has 1 aliphatic rings. The van der Waals surface area contributed by atoms with Crippen LogP contribution in [0.15, 0.2) is 12.1 Å². The lowest BCUT2D eigenvalue weighted by Gasteiger charge is -2.32. The third kappa shape index (κ3) is 3.54. The van der Waals surface area contributed by atoms with Crippen LogP contribution in [0, 0.1) is 0 Å². The van der Waals surface area contributed by atoms with Gasteiger partial charge in [-0.25, -0.2) is 0 Å². The lowest BCUT2D eigenvalue weighted by molar-refractivity contribution is 0.219. The number of hydrogen-bond acceptors (Lipinski definition) is 3. The van der Waals surface area contributed by atoms with Crippen molar-refractivity contribution in [3.05, 3.63) is 21.9 Å². The fourth-order valence-electron chi connectivity index (χ4n) is 2.56. The van der Waals surface area contributed by atoms with E-state index in [2.05, 4.69) is 43.2 Å². The van der Waals surface area contributed by atoms with Gasteiger partial charge in [0.05, 0.1) is 0 Å². The van der Waals surface area contributed by atoms with Crippen LogP contribution in [0.1, 0.15) is 42.5 Å². The molecule has 3 heteroatoms. The van der Waals surface area contributed by atoms with E-state index in [1.165, 1.54) is 35.7 Å². The summed E-state index contributed by atoms with van der Waals surface area (Å²) in [5, 5.41) is 3.77. The van der Waals surface area contributed by atoms with Crippen LogP contribution in [-0.2, 0) is 6.42 Å². The molecule has 1 aliphatic heterocycles. The van der Waals surface area contributed by atoms with Gasteiger partial charge >= 0.3 is 0 Å². The van der Waals surface area contributed by atoms with Gasteiger partial charge in [-0.05, 0) is 51.9 Å². The fraction of sp³-hybridized carbons (Fsp3) is 0.714. The molecule has 2 nitrogen and oxygen atoms in total. The average Bonchev–Trinajstić information content (AvgIpc) is 2.77. The second-order valence-electron chi connectivity index (χ2n) is 5.15. The molecule has 2 atom stereocenters. The van der Waals surface area contributed by atoms with Crippen molar-refractivity contribution in [2.24, 2.45) is 0 Å². The van der Waals surface area contributed by atoms with E-state index in [-0.39, 0.29) is 0 Å². The van der Waals surface area contributed by atoms with Crippen LogP contribution >= 0.6 is 11.3 Å². The van der Waals surface area contributed by atoms with Gasteiger partial charge in [0.2, 0.25) is 0 Å². The van der Waals surface area contributed by atoms with Gasteiger partial charge in [0.15, 0.2) is 0 Å². The summed E-state index contributed by atoms with van der Waals surface area (Å²) in [7, 11) is 2.22. The van der Waals surface area contributed by atoms with E-state index in [0.29, 0.717) is 12.1 Å². The van der Waals surface area contributed by atoms with E-state index in [1.54, 1.807) is 0 Å². The first kappa shape index (κ1) is 13.1. The number of thiophene rings is 1. The predicted octanol–water partition coefficient (Wildman–Crippen LogP) is 3.06. The topological polar surface area (TPSA) is 15.3 Å². The molecule has 0 saturated carbocycles. The van der Waals surface area contributed by atoms with Crippen molar-refractivity contribution in [3.63, 3.8) is 0 Å². The Balaban J connectivity index is 1.89. The van der Waals surface area contributed by atoms with Crippen LogP contribution in [0.3, 0.4) is 0 Å². The Morgan fingerprint density at radius 3 is 3.00 bits per heavy atom. The molecule has 0 amide bonds. The van der Waals surface area contributed by atoms with Crippen LogP contribution in [0.2, 0.25) is 0 Å². The summed E-state index contributed by atoms with van der Waals surface area (Å²) in [6, 6.07) is 5.71. The van der Waals surface area contributed by atoms with Crippen molar-refractivity contribution in [1.82, 2.24) is 10.2 Å². The Morgan fingerprint density at radius 2 is 2.35 bits per heavy atom. The van der Waals surface area contributed by atoms with Gasteiger partial charge in [0.25, 0.3) is 0 Å². The fourth-order valence-corrected chi connectivity index (χ4v) is 3.52. The first-order valence-electron chi connectivity index (χ1n) is 6.72. The summed E-state index contributed by atoms with van der Waals surface area (Å²) in [5.74, 6) is 0. The number of aryl methyl sites for hydroxylation is 1. The molecule has 1 aromatic rings. The highest BCUT2D eigenvalue weighted by molar-refractivity contribution is 7.12. The summed E-state index contributed by atoms with van der Waals surface area (Å²) < 4.78 is 0. The van der Waals surface area contributed by atoms with E-state index in [0.717, 1.165) is 6.42 Å². The molecular weight excluding hydrogens is 228 g/mol. The number of rotatable bonds is 4. The number of nitrogens with zero attached hydrogens (tertiary/aromatic N) is 1. The minimum absolute atomic E-state index is 0.497. The van der Waals surface area contributed by atoms with E-state index in [9.17, 15) is 0 Å². The maximum Gasteiger partial charge on any atom is 0.0388 e. The second-order valence-corrected chi connectivity index (χ2v) is 6.35. The molecule has 0 aliphatic carbocycles. The highest BCUT2D eigenvalue weighted by Gasteiger charge is 2.19. The molecule has 17 heavy (non-hydrogen) atoms. The van der Waals surface area contributed by atoms with Gasteiger partial charge in [-0.3, -0.25) is 0 Å². The van der Waals surface area contributed by atoms with Gasteiger partial charge in [-0.15, -0.1) is 11.3 Å². The SMILES string of the molecule is CCc1ccc(C(C)NC2CCCN(C)C2)s1. The smallest absolute Gasteiger partial charge is 0.0388 e. The lowest BCUT2D eigenvalue weighted by Crippen LogP contribution is -2.44. The van der Waals surface area contributed by atoms with Crippen molar-refractivity contribution in [3.8, 4) is 0 Å². The monoisotopic (exact) mass is 252 g/mol. The number of hydrogen-bond donors (Lipinski definition) is 1. The zero-order valence-corrected chi connectivity index (χ0v) is 12.0. The molecule has 0 spiro atoms. The third-order valence-electron chi connectivity index (χ3n) is 3.57. The number of nitrogens with one attached hydrogen (secondary N) is 1. The average molecular weight is 252 g/mol. The third-order valence-corrected chi connectivity index (χ3v) is 4.98. The minimum Gasteiger partial charge on any atom is -0.305 e. The molecule has 0 radical (unpaired) electrons. The first-order valence-corrected chi connectivity index (χ1v) is 7.54. The Kier molecular flexibility index (Phi) is 4.60. The zero-order valence-electron chi connectivity index (χ0n) is 11.2. The quantitative estimate of drug-likeness (QED) is 0.886. The summed E-state index contributed by atoms with van der Waals surface area (Å²) >= 11 is 1.95. The van der Waals surface area contributed by atoms with Gasteiger partial charge in [-0.2, -0.15) is 0 Å². The standard InChI is InChI=1S/C14H24N2S/c1-4-13-7-8-14(17-13)11(2)15-12-6-5-9-16(3)10-12/h7-8,11-12,15H,4-6,9-10H2,1-3H3. The normalized spacial score (nSPS) is 23.8. The molecule has 0 aromatic carbocycles. The second kappa shape index (κ2) is 5.98. The molecule has 2 heterocycles. The maximum absolute atomic E-state index is 3.77. The van der Waals surface area contributed by atoms with E-state index >= 15 is 0 Å². The number of piperidine rings is 1. The Hall–Kier alpha value is -0.380. The van der Waals surface area contributed by atoms with Gasteiger partial charge < -0.3 is 10.2 Å². The lowest BCUT2D eigenvalue weighted by atomic mass is 10.1. The molecule has 1 saturated heterocycles. The molecule has 96 valence electrons. The number of likely N-dealkylation sites (tertiary alicyclic amines) is 1. The summed E-state index contributed by atoms with van der Waals surface area (Å²) in [5.41, 5.74) is 0. The Bertz CT molecular complexity index is 348. The summed E-state index contributed by atoms with van der Waals surface area (Å²) in [6.45, 7) is 6.96. The molecule has 1 N–H and O–H groups in total. The minimum atomic E-state index is 0.497. The molecule has 1 aromatic heterocycles. The van der Waals surface area contributed by atoms with Crippen LogP contribution < -0.4 is 5.32 Å². The van der Waals surface area contributed by atoms with Crippen LogP contribution in [-0.4, -0.2) is 31.1 Å². The van der Waals surface area contributed by atoms with Crippen molar-refractivity contribution >= 4 is 11.3 Å². The summed E-state index contributed by atoms with van der Waals surface area (Å²) in [6.07, 6.45) is 3.80. The molecule has 0 bridgehead atoms. The van der Waals surface area contributed by atoms with Crippen molar-refractivity contribution in [1.29, 1.82) is 0 Å². The molecule has 1 fully saturated rings. The van der Waals surface area contributed by atoms with E-state index in [4.69, 9.17) is 0 Å². The largest absolute Gasteiger partial charge is 0.305 e. The Labute approximate surface area is 109 Å². The highest BCUT2D eigenvalue weighted by atomic mass is 32.1. The van der Waals surface area contributed by atoms with Crippen molar-refractivity contribution < 1.29 is 0 Å². The first-order chi connectivity index (χ1) is 8.19. The van der Waals surface area contributed by atoms with Crippen LogP contribution in [0.25, 0.3) is 0 Å². The Morgan fingerprint density at radius 1 is 1.53 bits per heavy atom. The van der Waals surface area contributed by atoms with E-state index in [1.807, 2.05) is 11.3 Å². The van der Waals surface area contributed by atoms with E-state index < -0.39 is 0 Å². The molecule has 2 unspecified atom stereocenters. The van der Waals surface area contributed by atoms with Gasteiger partial charge in [0, 0.05) is 28.4 Å². The molecule has 2 rings (SSSR count). The van der Waals surface area contributed by atoms with Crippen molar-refractivity contribution in [2.45, 2.75) is 45.2 Å². The van der Waals surface area contributed by atoms with Gasteiger partial charge in [0.1, 0.15) is 0 Å².